The van der Waals surface area contributed by atoms with Crippen LogP contribution in [-0.2, 0) is 0 Å². The lowest BCUT2D eigenvalue weighted by molar-refractivity contribution is 0.0691. The van der Waals surface area contributed by atoms with Crippen LogP contribution in [0.2, 0.25) is 10.0 Å². The molecule has 1 aromatic heterocycles. The van der Waals surface area contributed by atoms with Gasteiger partial charge in [-0.25, -0.2) is 9.89 Å². The Kier molecular flexibility index (Phi) is 4.18. The van der Waals surface area contributed by atoms with Gasteiger partial charge in [-0.1, -0.05) is 46.6 Å². The molecule has 1 heterocycles. The van der Waals surface area contributed by atoms with Gasteiger partial charge in [0.1, 0.15) is 0 Å². The Morgan fingerprint density at radius 3 is 2.52 bits per heavy atom. The number of hydrogen-bond acceptors (Lipinski definition) is 4. The molecular weight excluding hydrogens is 339 g/mol. The average molecular weight is 349 g/mol. The maximum Gasteiger partial charge on any atom is 0.357 e. The first-order chi connectivity index (χ1) is 11.0. The van der Waals surface area contributed by atoms with Crippen LogP contribution in [0.5, 0.6) is 0 Å². The second kappa shape index (κ2) is 6.28. The Bertz CT molecular complexity index is 862. The van der Waals surface area contributed by atoms with E-state index in [1.807, 2.05) is 18.2 Å². The summed E-state index contributed by atoms with van der Waals surface area (Å²) in [6.07, 6.45) is 0. The van der Waals surface area contributed by atoms with E-state index in [4.69, 9.17) is 28.3 Å². The molecule has 0 aliphatic heterocycles. The van der Waals surface area contributed by atoms with Crippen LogP contribution in [0.4, 0.5) is 11.5 Å². The van der Waals surface area contributed by atoms with E-state index in [-0.39, 0.29) is 11.5 Å². The highest BCUT2D eigenvalue weighted by molar-refractivity contribution is 6.33. The Labute approximate surface area is 141 Å². The van der Waals surface area contributed by atoms with E-state index in [2.05, 4.69) is 20.7 Å². The van der Waals surface area contributed by atoms with Gasteiger partial charge >= 0.3 is 5.97 Å². The molecule has 2 aromatic carbocycles. The highest BCUT2D eigenvalue weighted by Crippen LogP contribution is 2.32. The van der Waals surface area contributed by atoms with Crippen molar-refractivity contribution >= 4 is 40.7 Å². The Morgan fingerprint density at radius 1 is 1.13 bits per heavy atom. The summed E-state index contributed by atoms with van der Waals surface area (Å²) in [6.45, 7) is 0. The molecule has 3 aromatic rings. The lowest BCUT2D eigenvalue weighted by Crippen LogP contribution is -2.02. The third-order valence-electron chi connectivity index (χ3n) is 3.15. The summed E-state index contributed by atoms with van der Waals surface area (Å²) in [4.78, 5) is 11.0. The fraction of sp³-hybridized carbons (Fsp3) is 0. The molecule has 23 heavy (non-hydrogen) atoms. The highest BCUT2D eigenvalue weighted by atomic mass is 35.5. The number of aromatic nitrogens is 3. The van der Waals surface area contributed by atoms with Gasteiger partial charge in [-0.05, 0) is 29.8 Å². The van der Waals surface area contributed by atoms with Crippen molar-refractivity contribution in [1.82, 2.24) is 15.4 Å². The van der Waals surface area contributed by atoms with Crippen LogP contribution in [0.3, 0.4) is 0 Å². The van der Waals surface area contributed by atoms with Gasteiger partial charge < -0.3 is 10.4 Å². The second-order valence-electron chi connectivity index (χ2n) is 4.67. The number of anilines is 2. The van der Waals surface area contributed by atoms with Crippen LogP contribution in [0.1, 0.15) is 10.5 Å². The molecule has 0 unspecified atom stereocenters. The van der Waals surface area contributed by atoms with Crippen LogP contribution in [0.25, 0.3) is 11.1 Å². The standard InChI is InChI=1S/C15H10Cl2N4O2/c16-9-3-1-8(2-4-9)11-6-5-10(7-12(11)17)18-14-13(15(22)23)19-21-20-14/h1-7H,(H,22,23)(H2,18,19,20,21). The first-order valence-corrected chi connectivity index (χ1v) is 7.27. The van der Waals surface area contributed by atoms with Crippen LogP contribution >= 0.6 is 23.2 Å². The average Bonchev–Trinajstić information content (AvgIpc) is 2.97. The third-order valence-corrected chi connectivity index (χ3v) is 3.71. The van der Waals surface area contributed by atoms with E-state index in [0.29, 0.717) is 15.7 Å². The first-order valence-electron chi connectivity index (χ1n) is 6.51. The minimum Gasteiger partial charge on any atom is -0.476 e. The minimum atomic E-state index is -1.15. The van der Waals surface area contributed by atoms with E-state index >= 15 is 0 Å². The lowest BCUT2D eigenvalue weighted by atomic mass is 10.1. The lowest BCUT2D eigenvalue weighted by Gasteiger charge is -2.09. The van der Waals surface area contributed by atoms with Gasteiger partial charge in [-0.15, -0.1) is 5.10 Å². The number of aromatic carboxylic acids is 1. The normalized spacial score (nSPS) is 10.5. The van der Waals surface area contributed by atoms with Gasteiger partial charge in [0.25, 0.3) is 0 Å². The van der Waals surface area contributed by atoms with Crippen molar-refractivity contribution in [2.75, 3.05) is 5.32 Å². The van der Waals surface area contributed by atoms with Crippen molar-refractivity contribution in [2.24, 2.45) is 0 Å². The zero-order chi connectivity index (χ0) is 16.4. The zero-order valence-electron chi connectivity index (χ0n) is 11.5. The molecule has 3 rings (SSSR count). The van der Waals surface area contributed by atoms with Crippen LogP contribution in [0, 0.1) is 0 Å². The van der Waals surface area contributed by atoms with Crippen molar-refractivity contribution in [1.29, 1.82) is 0 Å². The monoisotopic (exact) mass is 348 g/mol. The number of hydrogen-bond donors (Lipinski definition) is 3. The number of carboxylic acid groups (broad SMARTS) is 1. The predicted molar refractivity (Wildman–Crippen MR) is 88.5 cm³/mol. The molecule has 0 amide bonds. The van der Waals surface area contributed by atoms with Crippen molar-refractivity contribution in [3.63, 3.8) is 0 Å². The summed E-state index contributed by atoms with van der Waals surface area (Å²) in [5.74, 6) is -1.03. The number of carbonyl (C=O) groups is 1. The molecule has 3 N–H and O–H groups in total. The topological polar surface area (TPSA) is 90.9 Å². The smallest absolute Gasteiger partial charge is 0.357 e. The Morgan fingerprint density at radius 2 is 1.87 bits per heavy atom. The molecule has 8 heteroatoms. The van der Waals surface area contributed by atoms with E-state index in [9.17, 15) is 4.79 Å². The number of nitrogens with zero attached hydrogens (tertiary/aromatic N) is 2. The van der Waals surface area contributed by atoms with E-state index in [1.54, 1.807) is 24.3 Å². The number of rotatable bonds is 4. The summed E-state index contributed by atoms with van der Waals surface area (Å²) in [7, 11) is 0. The van der Waals surface area contributed by atoms with Crippen LogP contribution in [0.15, 0.2) is 42.5 Å². The quantitative estimate of drug-likeness (QED) is 0.656. The SMILES string of the molecule is O=C(O)c1[nH]nnc1Nc1ccc(-c2ccc(Cl)cc2)c(Cl)c1. The van der Waals surface area contributed by atoms with Gasteiger partial charge in [0.05, 0.1) is 5.02 Å². The van der Waals surface area contributed by atoms with Gasteiger partial charge in [0.2, 0.25) is 0 Å². The number of H-pyrrole nitrogens is 1. The van der Waals surface area contributed by atoms with E-state index in [0.717, 1.165) is 11.1 Å². The molecule has 0 aliphatic carbocycles. The molecule has 0 saturated carbocycles. The Hall–Kier alpha value is -2.57. The summed E-state index contributed by atoms with van der Waals surface area (Å²) < 4.78 is 0. The number of carboxylic acids is 1. The van der Waals surface area contributed by atoms with Gasteiger partial charge in [0.15, 0.2) is 11.5 Å². The third kappa shape index (κ3) is 3.28. The number of nitrogens with one attached hydrogen (secondary N) is 2. The van der Waals surface area contributed by atoms with Crippen molar-refractivity contribution in [2.45, 2.75) is 0 Å². The molecule has 0 radical (unpaired) electrons. The fourth-order valence-corrected chi connectivity index (χ4v) is 2.47. The predicted octanol–water partition coefficient (Wildman–Crippen LogP) is 4.22. The van der Waals surface area contributed by atoms with Crippen molar-refractivity contribution in [3.05, 3.63) is 58.2 Å². The maximum absolute atomic E-state index is 11.0. The second-order valence-corrected chi connectivity index (χ2v) is 5.51. The van der Waals surface area contributed by atoms with E-state index in [1.165, 1.54) is 0 Å². The first kappa shape index (κ1) is 15.3. The number of aromatic amines is 1. The van der Waals surface area contributed by atoms with Gasteiger partial charge in [-0.3, -0.25) is 0 Å². The number of halogens is 2. The molecular formula is C15H10Cl2N4O2. The number of benzene rings is 2. The minimum absolute atomic E-state index is 0.118. The molecule has 0 bridgehead atoms. The van der Waals surface area contributed by atoms with Crippen molar-refractivity contribution < 1.29 is 9.90 Å². The van der Waals surface area contributed by atoms with Gasteiger partial charge in [-0.2, -0.15) is 0 Å². The molecule has 0 fully saturated rings. The molecule has 0 atom stereocenters. The van der Waals surface area contributed by atoms with Gasteiger partial charge in [0, 0.05) is 16.3 Å². The maximum atomic E-state index is 11.0. The van der Waals surface area contributed by atoms with Crippen molar-refractivity contribution in [3.8, 4) is 11.1 Å². The summed E-state index contributed by atoms with van der Waals surface area (Å²) in [5.41, 5.74) is 2.25. The van der Waals surface area contributed by atoms with E-state index < -0.39 is 5.97 Å². The molecule has 0 saturated heterocycles. The summed E-state index contributed by atoms with van der Waals surface area (Å²) in [5, 5.41) is 22.5. The Balaban J connectivity index is 1.89. The highest BCUT2D eigenvalue weighted by Gasteiger charge is 2.15. The van der Waals surface area contributed by atoms with Crippen LogP contribution < -0.4 is 5.32 Å². The van der Waals surface area contributed by atoms with Crippen LogP contribution in [-0.4, -0.2) is 26.5 Å². The molecule has 116 valence electrons. The molecule has 0 spiro atoms. The molecule has 6 nitrogen and oxygen atoms in total. The summed E-state index contributed by atoms with van der Waals surface area (Å²) in [6, 6.07) is 12.6. The zero-order valence-corrected chi connectivity index (χ0v) is 13.1. The summed E-state index contributed by atoms with van der Waals surface area (Å²) >= 11 is 12.2. The molecule has 0 aliphatic rings. The fourth-order valence-electron chi connectivity index (χ4n) is 2.06. The largest absolute Gasteiger partial charge is 0.476 e.